The van der Waals surface area contributed by atoms with Crippen LogP contribution in [0.1, 0.15) is 40.5 Å². The van der Waals surface area contributed by atoms with E-state index in [9.17, 15) is 0 Å². The largest absolute Gasteiger partial charge is 0.396 e. The van der Waals surface area contributed by atoms with E-state index in [0.717, 1.165) is 0 Å². The summed E-state index contributed by atoms with van der Waals surface area (Å²) in [5.41, 5.74) is -1.82. The van der Waals surface area contributed by atoms with Crippen LogP contribution in [-0.4, -0.2) is 22.8 Å². The third-order valence-corrected chi connectivity index (χ3v) is 2.47. The zero-order chi connectivity index (χ0) is 13.5. The van der Waals surface area contributed by atoms with Crippen LogP contribution in [0, 0.1) is 28.6 Å². The zero-order valence-corrected chi connectivity index (χ0v) is 10.9. The van der Waals surface area contributed by atoms with Gasteiger partial charge in [-0.25, -0.2) is 0 Å². The van der Waals surface area contributed by atoms with Gasteiger partial charge in [-0.2, -0.15) is 20.8 Å². The molecule has 0 aromatic carbocycles. The quantitative estimate of drug-likeness (QED) is 0.718. The van der Waals surface area contributed by atoms with Crippen molar-refractivity contribution in [3.8, 4) is 12.1 Å². The summed E-state index contributed by atoms with van der Waals surface area (Å²) in [6, 6.07) is 4.11. The van der Waals surface area contributed by atoms with Gasteiger partial charge in [0, 0.05) is 6.61 Å². The first-order valence-corrected chi connectivity index (χ1v) is 5.66. The molecule has 0 rings (SSSR count). The fraction of sp³-hybridized carbons (Fsp3) is 0.833. The van der Waals surface area contributed by atoms with Gasteiger partial charge >= 0.3 is 0 Å². The van der Waals surface area contributed by atoms with Gasteiger partial charge in [0.2, 0.25) is 0 Å². The SMILES string of the molecule is CC(CO)CCC(C)(C#N)N=NC(C)(C)C#N. The lowest BCUT2D eigenvalue weighted by Crippen LogP contribution is -2.22. The van der Waals surface area contributed by atoms with Crippen LogP contribution in [0.5, 0.6) is 0 Å². The highest BCUT2D eigenvalue weighted by Crippen LogP contribution is 2.22. The van der Waals surface area contributed by atoms with Crippen molar-refractivity contribution in [3.63, 3.8) is 0 Å². The molecule has 0 amide bonds. The highest BCUT2D eigenvalue weighted by molar-refractivity contribution is 5.05. The second-order valence-electron chi connectivity index (χ2n) is 5.08. The number of azo groups is 1. The lowest BCUT2D eigenvalue weighted by Gasteiger charge is -2.18. The molecular weight excluding hydrogens is 216 g/mol. The van der Waals surface area contributed by atoms with Gasteiger partial charge in [-0.05, 0) is 39.5 Å². The third-order valence-electron chi connectivity index (χ3n) is 2.47. The van der Waals surface area contributed by atoms with Crippen LogP contribution in [0.2, 0.25) is 0 Å². The highest BCUT2D eigenvalue weighted by atomic mass is 16.3. The summed E-state index contributed by atoms with van der Waals surface area (Å²) in [7, 11) is 0. The fourth-order valence-corrected chi connectivity index (χ4v) is 1.00. The Labute approximate surface area is 103 Å². The molecule has 2 atom stereocenters. The Balaban J connectivity index is 4.61. The summed E-state index contributed by atoms with van der Waals surface area (Å²) in [6.07, 6.45) is 1.22. The standard InChI is InChI=1S/C12H20N4O/c1-10(7-17)5-6-12(4,9-14)16-15-11(2,3)8-13/h10,17H,5-7H2,1-4H3. The van der Waals surface area contributed by atoms with Gasteiger partial charge in [-0.15, -0.1) is 0 Å². The molecule has 0 aliphatic rings. The van der Waals surface area contributed by atoms with Crippen molar-refractivity contribution in [1.29, 1.82) is 10.5 Å². The lowest BCUT2D eigenvalue weighted by atomic mass is 9.94. The Bertz CT molecular complexity index is 350. The summed E-state index contributed by atoms with van der Waals surface area (Å²) in [4.78, 5) is 0. The molecular formula is C12H20N4O. The average molecular weight is 236 g/mol. The van der Waals surface area contributed by atoms with Gasteiger partial charge in [0.15, 0.2) is 11.1 Å². The number of nitriles is 2. The first kappa shape index (κ1) is 15.5. The normalized spacial score (nSPS) is 17.1. The maximum Gasteiger partial charge on any atom is 0.164 e. The summed E-state index contributed by atoms with van der Waals surface area (Å²) >= 11 is 0. The first-order valence-electron chi connectivity index (χ1n) is 5.66. The lowest BCUT2D eigenvalue weighted by molar-refractivity contribution is 0.222. The van der Waals surface area contributed by atoms with Gasteiger partial charge in [0.25, 0.3) is 0 Å². The molecule has 5 nitrogen and oxygen atoms in total. The molecule has 2 unspecified atom stereocenters. The second-order valence-corrected chi connectivity index (χ2v) is 5.08. The van der Waals surface area contributed by atoms with Crippen LogP contribution in [0.15, 0.2) is 10.2 Å². The minimum Gasteiger partial charge on any atom is -0.396 e. The molecule has 0 radical (unpaired) electrons. The molecule has 0 heterocycles. The molecule has 0 aromatic rings. The number of nitrogens with zero attached hydrogens (tertiary/aromatic N) is 4. The Kier molecular flexibility index (Phi) is 5.78. The Morgan fingerprint density at radius 3 is 2.18 bits per heavy atom. The van der Waals surface area contributed by atoms with E-state index in [1.807, 2.05) is 13.0 Å². The molecule has 0 spiro atoms. The van der Waals surface area contributed by atoms with Crippen molar-refractivity contribution < 1.29 is 5.11 Å². The van der Waals surface area contributed by atoms with Gasteiger partial charge in [-0.3, -0.25) is 0 Å². The van der Waals surface area contributed by atoms with E-state index in [1.165, 1.54) is 0 Å². The van der Waals surface area contributed by atoms with Crippen LogP contribution < -0.4 is 0 Å². The average Bonchev–Trinajstić information content (AvgIpc) is 2.33. The highest BCUT2D eigenvalue weighted by Gasteiger charge is 2.26. The maximum absolute atomic E-state index is 9.09. The summed E-state index contributed by atoms with van der Waals surface area (Å²) in [6.45, 7) is 6.99. The minimum absolute atomic E-state index is 0.0995. The van der Waals surface area contributed by atoms with E-state index in [-0.39, 0.29) is 12.5 Å². The minimum atomic E-state index is -0.919. The topological polar surface area (TPSA) is 92.5 Å². The Hall–Kier alpha value is -1.46. The van der Waals surface area contributed by atoms with Crippen molar-refractivity contribution in [2.24, 2.45) is 16.1 Å². The van der Waals surface area contributed by atoms with E-state index < -0.39 is 11.1 Å². The van der Waals surface area contributed by atoms with Gasteiger partial charge < -0.3 is 5.11 Å². The fourth-order valence-electron chi connectivity index (χ4n) is 1.00. The first-order chi connectivity index (χ1) is 7.78. The molecule has 17 heavy (non-hydrogen) atoms. The monoisotopic (exact) mass is 236 g/mol. The van der Waals surface area contributed by atoms with Crippen molar-refractivity contribution >= 4 is 0 Å². The van der Waals surface area contributed by atoms with Crippen molar-refractivity contribution in [2.45, 2.75) is 51.6 Å². The predicted octanol–water partition coefficient (Wildman–Crippen LogP) is 2.43. The Morgan fingerprint density at radius 1 is 1.18 bits per heavy atom. The van der Waals surface area contributed by atoms with Crippen LogP contribution >= 0.6 is 0 Å². The summed E-state index contributed by atoms with van der Waals surface area (Å²) in [5.74, 6) is 0.141. The van der Waals surface area contributed by atoms with Gasteiger partial charge in [-0.1, -0.05) is 6.92 Å². The number of aliphatic hydroxyl groups excluding tert-OH is 1. The second kappa shape index (κ2) is 6.32. The molecule has 0 aliphatic heterocycles. The van der Waals surface area contributed by atoms with E-state index in [2.05, 4.69) is 16.3 Å². The number of hydrogen-bond acceptors (Lipinski definition) is 5. The predicted molar refractivity (Wildman–Crippen MR) is 64.0 cm³/mol. The maximum atomic E-state index is 9.09. The zero-order valence-electron chi connectivity index (χ0n) is 10.9. The van der Waals surface area contributed by atoms with Gasteiger partial charge in [0.05, 0.1) is 12.1 Å². The molecule has 94 valence electrons. The van der Waals surface area contributed by atoms with Crippen molar-refractivity contribution in [3.05, 3.63) is 0 Å². The molecule has 0 fully saturated rings. The van der Waals surface area contributed by atoms with Crippen molar-refractivity contribution in [2.75, 3.05) is 6.61 Å². The van der Waals surface area contributed by atoms with Crippen LogP contribution in [0.4, 0.5) is 0 Å². The summed E-state index contributed by atoms with van der Waals surface area (Å²) < 4.78 is 0. The number of hydrogen-bond donors (Lipinski definition) is 1. The van der Waals surface area contributed by atoms with E-state index in [1.54, 1.807) is 20.8 Å². The van der Waals surface area contributed by atoms with E-state index >= 15 is 0 Å². The number of rotatable bonds is 6. The summed E-state index contributed by atoms with van der Waals surface area (Å²) in [5, 5.41) is 34.7. The Morgan fingerprint density at radius 2 is 1.76 bits per heavy atom. The van der Waals surface area contributed by atoms with E-state index in [4.69, 9.17) is 15.6 Å². The molecule has 5 heteroatoms. The third kappa shape index (κ3) is 5.99. The van der Waals surface area contributed by atoms with E-state index in [0.29, 0.717) is 12.8 Å². The smallest absolute Gasteiger partial charge is 0.164 e. The molecule has 0 saturated heterocycles. The number of aliphatic hydroxyl groups is 1. The van der Waals surface area contributed by atoms with Crippen LogP contribution in [0.3, 0.4) is 0 Å². The van der Waals surface area contributed by atoms with Crippen LogP contribution in [0.25, 0.3) is 0 Å². The van der Waals surface area contributed by atoms with Crippen molar-refractivity contribution in [1.82, 2.24) is 0 Å². The molecule has 0 bridgehead atoms. The molecule has 0 aliphatic carbocycles. The van der Waals surface area contributed by atoms with Crippen LogP contribution in [-0.2, 0) is 0 Å². The molecule has 1 N–H and O–H groups in total. The molecule has 0 saturated carbocycles. The van der Waals surface area contributed by atoms with Gasteiger partial charge in [0.1, 0.15) is 0 Å². The molecule has 0 aromatic heterocycles.